The van der Waals surface area contributed by atoms with Crippen molar-refractivity contribution < 1.29 is 23.8 Å². The molecule has 156 valence electrons. The van der Waals surface area contributed by atoms with Gasteiger partial charge in [-0.2, -0.15) is 0 Å². The predicted molar refractivity (Wildman–Crippen MR) is 110 cm³/mol. The lowest BCUT2D eigenvalue weighted by molar-refractivity contribution is -0.155. The molecule has 0 saturated heterocycles. The monoisotopic (exact) mass is 399 g/mol. The molecular formula is C23H29NO5. The van der Waals surface area contributed by atoms with E-state index in [2.05, 4.69) is 11.1 Å². The van der Waals surface area contributed by atoms with Gasteiger partial charge in [0.25, 0.3) is 0 Å². The van der Waals surface area contributed by atoms with Crippen LogP contribution in [0.2, 0.25) is 0 Å². The molecule has 0 aliphatic carbocycles. The molecule has 0 radical (unpaired) electrons. The van der Waals surface area contributed by atoms with Crippen molar-refractivity contribution in [3.05, 3.63) is 59.4 Å². The van der Waals surface area contributed by atoms with E-state index >= 15 is 0 Å². The minimum atomic E-state index is -0.641. The number of benzene rings is 1. The number of aromatic nitrogens is 1. The SMILES string of the molecule is Cc1ccc(C)c(OCCCC(C)(C)C(=O)OCCOC(=O)c2cccnc2)c1. The molecule has 0 atom stereocenters. The van der Waals surface area contributed by atoms with Gasteiger partial charge in [-0.3, -0.25) is 9.78 Å². The quantitative estimate of drug-likeness (QED) is 0.438. The Morgan fingerprint density at radius 3 is 2.52 bits per heavy atom. The lowest BCUT2D eigenvalue weighted by atomic mass is 9.88. The van der Waals surface area contributed by atoms with Crippen LogP contribution >= 0.6 is 0 Å². The van der Waals surface area contributed by atoms with Crippen molar-refractivity contribution in [2.24, 2.45) is 5.41 Å². The van der Waals surface area contributed by atoms with Crippen LogP contribution in [0, 0.1) is 19.3 Å². The average Bonchev–Trinajstić information content (AvgIpc) is 2.71. The number of hydrogen-bond acceptors (Lipinski definition) is 6. The fourth-order valence-electron chi connectivity index (χ4n) is 2.69. The van der Waals surface area contributed by atoms with Crippen LogP contribution in [0.5, 0.6) is 5.75 Å². The Hall–Kier alpha value is -2.89. The molecule has 6 heteroatoms. The van der Waals surface area contributed by atoms with Crippen molar-refractivity contribution in [3.8, 4) is 5.75 Å². The third kappa shape index (κ3) is 7.22. The molecule has 6 nitrogen and oxygen atoms in total. The van der Waals surface area contributed by atoms with Crippen molar-refractivity contribution in [3.63, 3.8) is 0 Å². The summed E-state index contributed by atoms with van der Waals surface area (Å²) >= 11 is 0. The molecule has 0 aliphatic heterocycles. The Morgan fingerprint density at radius 1 is 1.03 bits per heavy atom. The number of nitrogens with zero attached hydrogens (tertiary/aromatic N) is 1. The van der Waals surface area contributed by atoms with E-state index in [0.29, 0.717) is 18.6 Å². The van der Waals surface area contributed by atoms with E-state index < -0.39 is 11.4 Å². The van der Waals surface area contributed by atoms with Gasteiger partial charge in [-0.1, -0.05) is 12.1 Å². The molecule has 0 aliphatic rings. The van der Waals surface area contributed by atoms with Crippen LogP contribution < -0.4 is 4.74 Å². The average molecular weight is 399 g/mol. The van der Waals surface area contributed by atoms with Gasteiger partial charge in [0.1, 0.15) is 19.0 Å². The first-order chi connectivity index (χ1) is 13.8. The molecule has 0 unspecified atom stereocenters. The van der Waals surface area contributed by atoms with E-state index in [1.165, 1.54) is 6.20 Å². The van der Waals surface area contributed by atoms with Gasteiger partial charge in [-0.15, -0.1) is 0 Å². The van der Waals surface area contributed by atoms with Crippen LogP contribution in [-0.4, -0.2) is 36.7 Å². The van der Waals surface area contributed by atoms with Crippen molar-refractivity contribution >= 4 is 11.9 Å². The normalized spacial score (nSPS) is 11.0. The Bertz CT molecular complexity index is 817. The number of rotatable bonds is 10. The van der Waals surface area contributed by atoms with Gasteiger partial charge in [-0.05, 0) is 69.9 Å². The van der Waals surface area contributed by atoms with Gasteiger partial charge < -0.3 is 14.2 Å². The maximum Gasteiger partial charge on any atom is 0.339 e. The van der Waals surface area contributed by atoms with Gasteiger partial charge in [-0.25, -0.2) is 4.79 Å². The Balaban J connectivity index is 1.67. The standard InChI is InChI=1S/C23H29NO5/c1-17-8-9-18(2)20(15-17)27-12-6-10-23(3,4)22(26)29-14-13-28-21(25)19-7-5-11-24-16-19/h5,7-9,11,15-16H,6,10,12-14H2,1-4H3. The second-order valence-corrected chi connectivity index (χ2v) is 7.62. The molecule has 0 saturated carbocycles. The highest BCUT2D eigenvalue weighted by atomic mass is 16.6. The summed E-state index contributed by atoms with van der Waals surface area (Å²) in [7, 11) is 0. The largest absolute Gasteiger partial charge is 0.493 e. The van der Waals surface area contributed by atoms with E-state index in [1.807, 2.05) is 39.8 Å². The minimum Gasteiger partial charge on any atom is -0.493 e. The van der Waals surface area contributed by atoms with Crippen LogP contribution in [0.1, 0.15) is 48.2 Å². The summed E-state index contributed by atoms with van der Waals surface area (Å²) in [6, 6.07) is 9.37. The van der Waals surface area contributed by atoms with E-state index in [9.17, 15) is 9.59 Å². The summed E-state index contributed by atoms with van der Waals surface area (Å²) in [6.45, 7) is 8.28. The van der Waals surface area contributed by atoms with Crippen LogP contribution in [0.15, 0.2) is 42.7 Å². The molecule has 29 heavy (non-hydrogen) atoms. The second-order valence-electron chi connectivity index (χ2n) is 7.62. The zero-order valence-corrected chi connectivity index (χ0v) is 17.6. The molecule has 1 aromatic carbocycles. The van der Waals surface area contributed by atoms with E-state index in [1.54, 1.807) is 18.3 Å². The van der Waals surface area contributed by atoms with Gasteiger partial charge in [0.2, 0.25) is 0 Å². The molecule has 1 aromatic heterocycles. The maximum atomic E-state index is 12.3. The van der Waals surface area contributed by atoms with Gasteiger partial charge in [0.05, 0.1) is 17.6 Å². The molecule has 0 fully saturated rings. The number of aryl methyl sites for hydroxylation is 2. The van der Waals surface area contributed by atoms with E-state index in [0.717, 1.165) is 23.3 Å². The van der Waals surface area contributed by atoms with Gasteiger partial charge in [0, 0.05) is 12.4 Å². The molecule has 0 amide bonds. The number of carbonyl (C=O) groups is 2. The summed E-state index contributed by atoms with van der Waals surface area (Å²) in [4.78, 5) is 28.0. The highest BCUT2D eigenvalue weighted by molar-refractivity contribution is 5.88. The highest BCUT2D eigenvalue weighted by Gasteiger charge is 2.29. The van der Waals surface area contributed by atoms with E-state index in [-0.39, 0.29) is 19.2 Å². The fourth-order valence-corrected chi connectivity index (χ4v) is 2.69. The number of ether oxygens (including phenoxy) is 3. The van der Waals surface area contributed by atoms with Crippen molar-refractivity contribution in [1.29, 1.82) is 0 Å². The second kappa shape index (κ2) is 10.6. The summed E-state index contributed by atoms with van der Waals surface area (Å²) in [6.07, 6.45) is 4.36. The summed E-state index contributed by atoms with van der Waals surface area (Å²) in [5.74, 6) is 0.0690. The van der Waals surface area contributed by atoms with Crippen LogP contribution in [0.3, 0.4) is 0 Å². The summed E-state index contributed by atoms with van der Waals surface area (Å²) in [5.41, 5.74) is 1.97. The zero-order chi connectivity index (χ0) is 21.3. The number of carbonyl (C=O) groups excluding carboxylic acids is 2. The molecule has 1 heterocycles. The fraction of sp³-hybridized carbons (Fsp3) is 0.435. The molecule has 0 bridgehead atoms. The third-order valence-electron chi connectivity index (χ3n) is 4.55. The Kier molecular flexibility index (Phi) is 8.19. The van der Waals surface area contributed by atoms with Crippen LogP contribution in [0.25, 0.3) is 0 Å². The third-order valence-corrected chi connectivity index (χ3v) is 4.55. The first kappa shape index (κ1) is 22.4. The Labute approximate surface area is 172 Å². The number of esters is 2. The number of pyridine rings is 1. The molecular weight excluding hydrogens is 370 g/mol. The molecule has 0 spiro atoms. The molecule has 0 N–H and O–H groups in total. The lowest BCUT2D eigenvalue weighted by Gasteiger charge is -2.22. The van der Waals surface area contributed by atoms with Crippen LogP contribution in [0.4, 0.5) is 0 Å². The topological polar surface area (TPSA) is 74.7 Å². The summed E-state index contributed by atoms with van der Waals surface area (Å²) in [5, 5.41) is 0. The zero-order valence-electron chi connectivity index (χ0n) is 17.6. The predicted octanol–water partition coefficient (Wildman–Crippen LogP) is 4.28. The van der Waals surface area contributed by atoms with Crippen LogP contribution in [-0.2, 0) is 14.3 Å². The Morgan fingerprint density at radius 2 is 1.79 bits per heavy atom. The number of hydrogen-bond donors (Lipinski definition) is 0. The lowest BCUT2D eigenvalue weighted by Crippen LogP contribution is -2.28. The van der Waals surface area contributed by atoms with Crippen molar-refractivity contribution in [2.45, 2.75) is 40.5 Å². The summed E-state index contributed by atoms with van der Waals surface area (Å²) < 4.78 is 16.2. The van der Waals surface area contributed by atoms with Crippen molar-refractivity contribution in [1.82, 2.24) is 4.98 Å². The van der Waals surface area contributed by atoms with Gasteiger partial charge in [0.15, 0.2) is 0 Å². The maximum absolute atomic E-state index is 12.3. The molecule has 2 rings (SSSR count). The first-order valence-electron chi connectivity index (χ1n) is 9.74. The van der Waals surface area contributed by atoms with E-state index in [4.69, 9.17) is 14.2 Å². The van der Waals surface area contributed by atoms with Crippen molar-refractivity contribution in [2.75, 3.05) is 19.8 Å². The smallest absolute Gasteiger partial charge is 0.339 e. The highest BCUT2D eigenvalue weighted by Crippen LogP contribution is 2.25. The molecule has 2 aromatic rings. The first-order valence-corrected chi connectivity index (χ1v) is 9.74. The minimum absolute atomic E-state index is 0.00525. The van der Waals surface area contributed by atoms with Gasteiger partial charge >= 0.3 is 11.9 Å².